The van der Waals surface area contributed by atoms with Crippen LogP contribution in [0.3, 0.4) is 0 Å². The van der Waals surface area contributed by atoms with Crippen LogP contribution in [0.1, 0.15) is 19.5 Å². The van der Waals surface area contributed by atoms with Crippen LogP contribution in [0.25, 0.3) is 27.8 Å². The first-order valence-corrected chi connectivity index (χ1v) is 8.30. The number of aliphatic hydroxyl groups excluding tert-OH is 1. The number of carbonyl (C=O) groups is 1. The topological polar surface area (TPSA) is 69.2 Å². The molecular weight excluding hydrogens is 518 g/mol. The SMILES string of the molecule is CC(=O)/C=C(/C)O.Cc1cc2c([n-]1)c1ncccc1n2-c1ccccc1.[Ir]. The van der Waals surface area contributed by atoms with E-state index in [1.54, 1.807) is 0 Å². The molecule has 1 N–H and O–H groups in total. The maximum atomic E-state index is 10.0. The first-order chi connectivity index (χ1) is 12.5. The fraction of sp³-hybridized carbons (Fsp3) is 0.143. The molecule has 0 aliphatic carbocycles. The van der Waals surface area contributed by atoms with Crippen LogP contribution >= 0.6 is 0 Å². The third-order valence-electron chi connectivity index (χ3n) is 3.80. The summed E-state index contributed by atoms with van der Waals surface area (Å²) in [5.41, 5.74) is 6.35. The van der Waals surface area contributed by atoms with E-state index in [0.29, 0.717) is 0 Å². The summed E-state index contributed by atoms with van der Waals surface area (Å²) >= 11 is 0. The van der Waals surface area contributed by atoms with Gasteiger partial charge >= 0.3 is 0 Å². The molecule has 141 valence electrons. The molecule has 0 aliphatic heterocycles. The van der Waals surface area contributed by atoms with E-state index in [-0.39, 0.29) is 31.6 Å². The van der Waals surface area contributed by atoms with Crippen LogP contribution in [-0.2, 0) is 24.9 Å². The van der Waals surface area contributed by atoms with Crippen molar-refractivity contribution in [2.75, 3.05) is 0 Å². The number of carbonyl (C=O) groups excluding carboxylic acids is 1. The third-order valence-corrected chi connectivity index (χ3v) is 3.80. The Balaban J connectivity index is 0.000000285. The van der Waals surface area contributed by atoms with Crippen molar-refractivity contribution in [1.82, 2.24) is 14.5 Å². The summed E-state index contributed by atoms with van der Waals surface area (Å²) in [7, 11) is 0. The van der Waals surface area contributed by atoms with E-state index in [1.165, 1.54) is 19.9 Å². The Labute approximate surface area is 171 Å². The molecule has 4 rings (SSSR count). The summed E-state index contributed by atoms with van der Waals surface area (Å²) in [6.45, 7) is 4.87. The van der Waals surface area contributed by atoms with Gasteiger partial charge in [-0.25, -0.2) is 0 Å². The van der Waals surface area contributed by atoms with E-state index in [2.05, 4.69) is 38.8 Å². The molecule has 0 aliphatic rings. The minimum atomic E-state index is -0.125. The number of rotatable bonds is 2. The van der Waals surface area contributed by atoms with Gasteiger partial charge in [0.05, 0.1) is 16.8 Å². The van der Waals surface area contributed by atoms with E-state index < -0.39 is 0 Å². The Kier molecular flexibility index (Phi) is 6.72. The molecule has 6 heteroatoms. The van der Waals surface area contributed by atoms with Gasteiger partial charge in [0.2, 0.25) is 0 Å². The summed E-state index contributed by atoms with van der Waals surface area (Å²) in [5.74, 6) is -0.0625. The Morgan fingerprint density at radius 2 is 1.81 bits per heavy atom. The summed E-state index contributed by atoms with van der Waals surface area (Å²) in [4.78, 5) is 19.1. The van der Waals surface area contributed by atoms with Crippen molar-refractivity contribution in [2.24, 2.45) is 0 Å². The molecule has 3 aromatic heterocycles. The van der Waals surface area contributed by atoms with Crippen molar-refractivity contribution in [3.8, 4) is 5.69 Å². The maximum absolute atomic E-state index is 10.0. The molecule has 5 nitrogen and oxygen atoms in total. The minimum absolute atomic E-state index is 0. The van der Waals surface area contributed by atoms with Gasteiger partial charge in [-0.2, -0.15) is 5.69 Å². The molecule has 0 amide bonds. The predicted octanol–water partition coefficient (Wildman–Crippen LogP) is 4.48. The molecule has 0 atom stereocenters. The summed E-state index contributed by atoms with van der Waals surface area (Å²) in [5, 5.41) is 8.36. The van der Waals surface area contributed by atoms with Crippen LogP contribution in [0.5, 0.6) is 0 Å². The molecule has 0 saturated heterocycles. The molecule has 0 saturated carbocycles. The Morgan fingerprint density at radius 3 is 2.41 bits per heavy atom. The Morgan fingerprint density at radius 1 is 1.11 bits per heavy atom. The number of ketones is 1. The number of hydrogen-bond acceptors (Lipinski definition) is 3. The third kappa shape index (κ3) is 4.54. The zero-order valence-electron chi connectivity index (χ0n) is 15.3. The van der Waals surface area contributed by atoms with Gasteiger partial charge in [-0.05, 0) is 38.1 Å². The molecule has 0 unspecified atom stereocenters. The first-order valence-electron chi connectivity index (χ1n) is 8.30. The van der Waals surface area contributed by atoms with E-state index in [9.17, 15) is 4.79 Å². The molecule has 0 bridgehead atoms. The number of benzene rings is 1. The largest absolute Gasteiger partial charge is 0.658 e. The van der Waals surface area contributed by atoms with Crippen LogP contribution in [0, 0.1) is 6.92 Å². The molecule has 1 aromatic carbocycles. The van der Waals surface area contributed by atoms with Crippen molar-refractivity contribution in [1.29, 1.82) is 0 Å². The fourth-order valence-electron chi connectivity index (χ4n) is 2.92. The van der Waals surface area contributed by atoms with Crippen molar-refractivity contribution < 1.29 is 30.0 Å². The number of aryl methyl sites for hydroxylation is 1. The molecule has 4 aromatic rings. The zero-order chi connectivity index (χ0) is 18.7. The van der Waals surface area contributed by atoms with Gasteiger partial charge in [0, 0.05) is 43.6 Å². The van der Waals surface area contributed by atoms with Crippen LogP contribution in [0.4, 0.5) is 0 Å². The van der Waals surface area contributed by atoms with E-state index >= 15 is 0 Å². The number of nitrogens with zero attached hydrogens (tertiary/aromatic N) is 3. The number of aliphatic hydroxyl groups is 1. The maximum Gasteiger partial charge on any atom is 0.155 e. The average molecular weight is 539 g/mol. The summed E-state index contributed by atoms with van der Waals surface area (Å²) < 4.78 is 2.22. The van der Waals surface area contributed by atoms with E-state index in [0.717, 1.165) is 33.4 Å². The average Bonchev–Trinajstić information content (AvgIpc) is 3.10. The van der Waals surface area contributed by atoms with Gasteiger partial charge in [-0.3, -0.25) is 9.78 Å². The summed E-state index contributed by atoms with van der Waals surface area (Å²) in [6.07, 6.45) is 2.99. The Bertz CT molecular complexity index is 1090. The molecule has 27 heavy (non-hydrogen) atoms. The Hall–Kier alpha value is -2.69. The number of pyridine rings is 1. The number of aromatic nitrogens is 3. The normalized spacial score (nSPS) is 11.0. The first kappa shape index (κ1) is 20.6. The van der Waals surface area contributed by atoms with Crippen LogP contribution in [0.15, 0.2) is 66.6 Å². The van der Waals surface area contributed by atoms with Gasteiger partial charge in [0.25, 0.3) is 0 Å². The second-order valence-electron chi connectivity index (χ2n) is 6.07. The van der Waals surface area contributed by atoms with Crippen LogP contribution < -0.4 is 4.98 Å². The standard InChI is InChI=1S/C16H12N3.C5H8O2.Ir/c1-11-10-14-16(18-11)15-13(8-5-9-17-15)19(14)12-6-3-2-4-7-12;1-4(6)3-5(2)7;/h2-10H,1H3;3,6H,1-2H3;/q-1;;/b;4-3-;. The van der Waals surface area contributed by atoms with Gasteiger partial charge < -0.3 is 14.7 Å². The van der Waals surface area contributed by atoms with Gasteiger partial charge in [-0.1, -0.05) is 36.7 Å². The van der Waals surface area contributed by atoms with Crippen molar-refractivity contribution in [3.05, 3.63) is 72.3 Å². The number of para-hydroxylation sites is 1. The molecule has 0 fully saturated rings. The summed E-state index contributed by atoms with van der Waals surface area (Å²) in [6, 6.07) is 16.5. The van der Waals surface area contributed by atoms with Crippen molar-refractivity contribution >= 4 is 27.9 Å². The second-order valence-corrected chi connectivity index (χ2v) is 6.07. The molecule has 0 spiro atoms. The van der Waals surface area contributed by atoms with Crippen molar-refractivity contribution in [3.63, 3.8) is 0 Å². The van der Waals surface area contributed by atoms with Gasteiger partial charge in [0.1, 0.15) is 0 Å². The quantitative estimate of drug-likeness (QED) is 0.302. The zero-order valence-corrected chi connectivity index (χ0v) is 17.7. The molecular formula is C21H20IrN3O2-. The van der Waals surface area contributed by atoms with E-state index in [1.807, 2.05) is 37.4 Å². The monoisotopic (exact) mass is 539 g/mol. The molecule has 3 heterocycles. The van der Waals surface area contributed by atoms with Gasteiger partial charge in [0.15, 0.2) is 5.78 Å². The second kappa shape index (κ2) is 8.80. The number of fused-ring (bicyclic) bond motifs is 3. The predicted molar refractivity (Wildman–Crippen MR) is 104 cm³/mol. The number of allylic oxidation sites excluding steroid dienone is 2. The molecule has 1 radical (unpaired) electrons. The number of hydrogen-bond donors (Lipinski definition) is 1. The van der Waals surface area contributed by atoms with Crippen LogP contribution in [-0.4, -0.2) is 20.4 Å². The van der Waals surface area contributed by atoms with Gasteiger partial charge in [-0.15, -0.1) is 0 Å². The van der Waals surface area contributed by atoms with Crippen molar-refractivity contribution in [2.45, 2.75) is 20.8 Å². The minimum Gasteiger partial charge on any atom is -0.658 e. The fourth-order valence-corrected chi connectivity index (χ4v) is 2.92. The van der Waals surface area contributed by atoms with Crippen LogP contribution in [0.2, 0.25) is 0 Å². The van der Waals surface area contributed by atoms with E-state index in [4.69, 9.17) is 5.11 Å². The smallest absolute Gasteiger partial charge is 0.155 e.